The molecular weight excluding hydrogens is 360 g/mol. The Morgan fingerprint density at radius 1 is 1.00 bits per heavy atom. The second-order valence-electron chi connectivity index (χ2n) is 8.46. The van der Waals surface area contributed by atoms with Crippen molar-refractivity contribution >= 4 is 17.5 Å². The van der Waals surface area contributed by atoms with Gasteiger partial charge >= 0.3 is 0 Å². The first-order valence-corrected chi connectivity index (χ1v) is 9.97. The number of nitrogens with one attached hydrogen (secondary N) is 1. The minimum absolute atomic E-state index is 0.0805. The molecule has 1 amide bonds. The van der Waals surface area contributed by atoms with Gasteiger partial charge in [-0.05, 0) is 46.7 Å². The predicted molar refractivity (Wildman–Crippen MR) is 116 cm³/mol. The molecule has 148 valence electrons. The third-order valence-electron chi connectivity index (χ3n) is 5.30. The quantitative estimate of drug-likeness (QED) is 0.715. The summed E-state index contributed by atoms with van der Waals surface area (Å²) in [5.74, 6) is 0.366. The Balaban J connectivity index is 1.48. The zero-order valence-electron chi connectivity index (χ0n) is 17.1. The number of nitrogens with zero attached hydrogens (tertiary/aromatic N) is 3. The van der Waals surface area contributed by atoms with Crippen molar-refractivity contribution in [3.63, 3.8) is 0 Å². The molecule has 29 heavy (non-hydrogen) atoms. The maximum atomic E-state index is 12.7. The standard InChI is InChI=1S/C24H26N4O/c1-24(2,3)19-8-10-20(11-9-19)26-22(29)21-12-14-25-23(27-21)28-15-13-17-6-4-5-7-18(17)16-28/h4-12,14H,13,15-16H2,1-3H3,(H,26,29). The van der Waals surface area contributed by atoms with Gasteiger partial charge in [0.25, 0.3) is 5.91 Å². The number of rotatable bonds is 3. The highest BCUT2D eigenvalue weighted by molar-refractivity contribution is 6.03. The number of amides is 1. The Morgan fingerprint density at radius 3 is 2.45 bits per heavy atom. The van der Waals surface area contributed by atoms with Crippen LogP contribution in [-0.2, 0) is 18.4 Å². The second kappa shape index (κ2) is 7.66. The van der Waals surface area contributed by atoms with E-state index in [4.69, 9.17) is 0 Å². The minimum atomic E-state index is -0.227. The van der Waals surface area contributed by atoms with Gasteiger partial charge in [0, 0.05) is 25.0 Å². The van der Waals surface area contributed by atoms with Crippen molar-refractivity contribution in [3.8, 4) is 0 Å². The molecule has 1 aromatic heterocycles. The Hall–Kier alpha value is -3.21. The topological polar surface area (TPSA) is 58.1 Å². The van der Waals surface area contributed by atoms with Crippen molar-refractivity contribution in [2.45, 2.75) is 39.2 Å². The first-order valence-electron chi connectivity index (χ1n) is 9.97. The van der Waals surface area contributed by atoms with Crippen LogP contribution in [0.3, 0.4) is 0 Å². The van der Waals surface area contributed by atoms with Crippen molar-refractivity contribution in [1.82, 2.24) is 9.97 Å². The average Bonchev–Trinajstić information content (AvgIpc) is 2.73. The molecule has 0 fully saturated rings. The third-order valence-corrected chi connectivity index (χ3v) is 5.30. The van der Waals surface area contributed by atoms with Crippen LogP contribution < -0.4 is 10.2 Å². The summed E-state index contributed by atoms with van der Waals surface area (Å²) in [5, 5.41) is 2.93. The Kier molecular flexibility index (Phi) is 5.05. The lowest BCUT2D eigenvalue weighted by Gasteiger charge is -2.28. The molecule has 0 bridgehead atoms. The maximum Gasteiger partial charge on any atom is 0.274 e. The van der Waals surface area contributed by atoms with E-state index in [-0.39, 0.29) is 11.3 Å². The van der Waals surface area contributed by atoms with Gasteiger partial charge in [-0.1, -0.05) is 57.2 Å². The van der Waals surface area contributed by atoms with Crippen molar-refractivity contribution in [2.75, 3.05) is 16.8 Å². The van der Waals surface area contributed by atoms with E-state index in [2.05, 4.69) is 65.2 Å². The van der Waals surface area contributed by atoms with E-state index in [0.29, 0.717) is 11.6 Å². The summed E-state index contributed by atoms with van der Waals surface area (Å²) in [7, 11) is 0. The summed E-state index contributed by atoms with van der Waals surface area (Å²) < 4.78 is 0. The highest BCUT2D eigenvalue weighted by Gasteiger charge is 2.19. The largest absolute Gasteiger partial charge is 0.336 e. The molecular formula is C24H26N4O. The average molecular weight is 386 g/mol. The summed E-state index contributed by atoms with van der Waals surface area (Å²) in [5.41, 5.74) is 5.10. The van der Waals surface area contributed by atoms with Crippen LogP contribution in [0.4, 0.5) is 11.6 Å². The summed E-state index contributed by atoms with van der Waals surface area (Å²) >= 11 is 0. The molecule has 1 N–H and O–H groups in total. The van der Waals surface area contributed by atoms with Crippen molar-refractivity contribution < 1.29 is 4.79 Å². The zero-order valence-corrected chi connectivity index (χ0v) is 17.1. The normalized spacial score (nSPS) is 13.7. The van der Waals surface area contributed by atoms with Crippen LogP contribution in [-0.4, -0.2) is 22.4 Å². The molecule has 2 aromatic carbocycles. The molecule has 0 saturated carbocycles. The molecule has 5 nitrogen and oxygen atoms in total. The lowest BCUT2D eigenvalue weighted by molar-refractivity contribution is 0.102. The number of benzene rings is 2. The van der Waals surface area contributed by atoms with Crippen molar-refractivity contribution in [1.29, 1.82) is 0 Å². The van der Waals surface area contributed by atoms with E-state index in [1.807, 2.05) is 24.3 Å². The number of hydrogen-bond acceptors (Lipinski definition) is 4. The molecule has 0 atom stereocenters. The summed E-state index contributed by atoms with van der Waals surface area (Å²) in [6.07, 6.45) is 2.61. The molecule has 0 saturated heterocycles. The van der Waals surface area contributed by atoms with Crippen LogP contribution in [0.5, 0.6) is 0 Å². The lowest BCUT2D eigenvalue weighted by Crippen LogP contribution is -2.32. The Bertz CT molecular complexity index is 1020. The van der Waals surface area contributed by atoms with E-state index in [9.17, 15) is 4.79 Å². The fourth-order valence-electron chi connectivity index (χ4n) is 3.54. The fourth-order valence-corrected chi connectivity index (χ4v) is 3.54. The smallest absolute Gasteiger partial charge is 0.274 e. The predicted octanol–water partition coefficient (Wildman–Crippen LogP) is 4.59. The van der Waals surface area contributed by atoms with E-state index in [1.54, 1.807) is 12.3 Å². The number of carbonyl (C=O) groups is 1. The van der Waals surface area contributed by atoms with Crippen LogP contribution in [0.2, 0.25) is 0 Å². The molecule has 4 rings (SSSR count). The van der Waals surface area contributed by atoms with E-state index in [0.717, 1.165) is 25.2 Å². The number of fused-ring (bicyclic) bond motifs is 1. The van der Waals surface area contributed by atoms with Crippen LogP contribution >= 0.6 is 0 Å². The van der Waals surface area contributed by atoms with Gasteiger partial charge in [0.2, 0.25) is 5.95 Å². The van der Waals surface area contributed by atoms with Crippen LogP contribution in [0.25, 0.3) is 0 Å². The monoisotopic (exact) mass is 386 g/mol. The number of anilines is 2. The number of aromatic nitrogens is 2. The molecule has 1 aliphatic heterocycles. The van der Waals surface area contributed by atoms with E-state index in [1.165, 1.54) is 16.7 Å². The highest BCUT2D eigenvalue weighted by atomic mass is 16.1. The molecule has 0 aliphatic carbocycles. The lowest BCUT2D eigenvalue weighted by atomic mass is 9.87. The van der Waals surface area contributed by atoms with Crippen LogP contribution in [0.15, 0.2) is 60.8 Å². The van der Waals surface area contributed by atoms with Gasteiger partial charge in [0.15, 0.2) is 0 Å². The Labute approximate surface area is 171 Å². The zero-order chi connectivity index (χ0) is 20.4. The third kappa shape index (κ3) is 4.29. The summed E-state index contributed by atoms with van der Waals surface area (Å²) in [6.45, 7) is 8.11. The molecule has 5 heteroatoms. The van der Waals surface area contributed by atoms with Gasteiger partial charge < -0.3 is 10.2 Å². The number of hydrogen-bond donors (Lipinski definition) is 1. The van der Waals surface area contributed by atoms with Crippen molar-refractivity contribution in [2.24, 2.45) is 0 Å². The van der Waals surface area contributed by atoms with Gasteiger partial charge in [-0.2, -0.15) is 0 Å². The maximum absolute atomic E-state index is 12.7. The fraction of sp³-hybridized carbons (Fsp3) is 0.292. The minimum Gasteiger partial charge on any atom is -0.336 e. The first-order chi connectivity index (χ1) is 13.9. The highest BCUT2D eigenvalue weighted by Crippen LogP contribution is 2.24. The SMILES string of the molecule is CC(C)(C)c1ccc(NC(=O)c2ccnc(N3CCc4ccccc4C3)n2)cc1. The summed E-state index contributed by atoms with van der Waals surface area (Å²) in [4.78, 5) is 23.8. The second-order valence-corrected chi connectivity index (χ2v) is 8.46. The number of carbonyl (C=O) groups excluding carboxylic acids is 1. The van der Waals surface area contributed by atoms with E-state index < -0.39 is 0 Å². The molecule has 0 unspecified atom stereocenters. The van der Waals surface area contributed by atoms with Gasteiger partial charge in [-0.15, -0.1) is 0 Å². The van der Waals surface area contributed by atoms with Gasteiger partial charge in [-0.25, -0.2) is 9.97 Å². The Morgan fingerprint density at radius 2 is 1.72 bits per heavy atom. The summed E-state index contributed by atoms with van der Waals surface area (Å²) in [6, 6.07) is 18.0. The molecule has 0 spiro atoms. The molecule has 2 heterocycles. The van der Waals surface area contributed by atoms with Crippen molar-refractivity contribution in [3.05, 3.63) is 83.2 Å². The molecule has 0 radical (unpaired) electrons. The van der Waals surface area contributed by atoms with Crippen LogP contribution in [0.1, 0.15) is 48.0 Å². The molecule has 3 aromatic rings. The van der Waals surface area contributed by atoms with Gasteiger partial charge in [-0.3, -0.25) is 4.79 Å². The van der Waals surface area contributed by atoms with Gasteiger partial charge in [0.05, 0.1) is 0 Å². The van der Waals surface area contributed by atoms with Gasteiger partial charge in [0.1, 0.15) is 5.69 Å². The van der Waals surface area contributed by atoms with Crippen LogP contribution in [0, 0.1) is 0 Å². The molecule has 1 aliphatic rings. The first kappa shape index (κ1) is 19.1. The van der Waals surface area contributed by atoms with E-state index >= 15 is 0 Å².